The highest BCUT2D eigenvalue weighted by atomic mass is 16.5. The molecule has 6 heteroatoms. The van der Waals surface area contributed by atoms with Crippen molar-refractivity contribution < 1.29 is 9.32 Å². The molecule has 3 aromatic rings. The van der Waals surface area contributed by atoms with Gasteiger partial charge >= 0.3 is 0 Å². The first-order chi connectivity index (χ1) is 14.2. The van der Waals surface area contributed by atoms with E-state index in [1.807, 2.05) is 53.6 Å². The Morgan fingerprint density at radius 1 is 1.21 bits per heavy atom. The number of aromatic nitrogens is 2. The Kier molecular flexibility index (Phi) is 6.00. The lowest BCUT2D eigenvalue weighted by Gasteiger charge is -2.37. The molecule has 6 nitrogen and oxygen atoms in total. The topological polar surface area (TPSA) is 62.5 Å². The van der Waals surface area contributed by atoms with Crippen LogP contribution in [0.4, 0.5) is 0 Å². The molecule has 0 spiro atoms. The van der Waals surface area contributed by atoms with Crippen LogP contribution in [0.15, 0.2) is 65.3 Å². The quantitative estimate of drug-likeness (QED) is 0.644. The second-order valence-corrected chi connectivity index (χ2v) is 7.54. The van der Waals surface area contributed by atoms with Crippen LogP contribution in [0.2, 0.25) is 0 Å². The van der Waals surface area contributed by atoms with Gasteiger partial charge in [-0.3, -0.25) is 9.78 Å². The van der Waals surface area contributed by atoms with Crippen LogP contribution in [-0.4, -0.2) is 58.6 Å². The minimum atomic E-state index is -0.0810. The monoisotopic (exact) mass is 390 g/mol. The molecule has 150 valence electrons. The molecule has 1 saturated heterocycles. The lowest BCUT2D eigenvalue weighted by atomic mass is 10.0. The number of nitrogens with zero attached hydrogens (tertiary/aromatic N) is 4. The molecule has 1 aromatic carbocycles. The number of hydrogen-bond donors (Lipinski definition) is 0. The summed E-state index contributed by atoms with van der Waals surface area (Å²) in [6.45, 7) is 2.38. The van der Waals surface area contributed by atoms with Crippen molar-refractivity contribution in [1.82, 2.24) is 19.9 Å². The van der Waals surface area contributed by atoms with Gasteiger partial charge in [-0.2, -0.15) is 0 Å². The third-order valence-electron chi connectivity index (χ3n) is 5.54. The Balaban J connectivity index is 1.36. The molecule has 1 aliphatic heterocycles. The molecule has 1 atom stereocenters. The van der Waals surface area contributed by atoms with Crippen LogP contribution in [0.1, 0.15) is 29.1 Å². The molecule has 2 aromatic heterocycles. The van der Waals surface area contributed by atoms with Gasteiger partial charge in [0.25, 0.3) is 5.91 Å². The number of likely N-dealkylation sites (tertiary alicyclic amines) is 1. The number of benzene rings is 1. The zero-order chi connectivity index (χ0) is 20.1. The largest absolute Gasteiger partial charge is 0.350 e. The van der Waals surface area contributed by atoms with E-state index >= 15 is 0 Å². The molecule has 29 heavy (non-hydrogen) atoms. The molecule has 1 fully saturated rings. The molecular formula is C23H26N4O2. The first-order valence-electron chi connectivity index (χ1n) is 10.1. The molecule has 0 bridgehead atoms. The van der Waals surface area contributed by atoms with E-state index in [0.717, 1.165) is 43.6 Å². The number of carbonyl (C=O) groups is 1. The summed E-state index contributed by atoms with van der Waals surface area (Å²) in [6, 6.07) is 17.9. The smallest absolute Gasteiger partial charge is 0.292 e. The second kappa shape index (κ2) is 9.01. The first-order valence-corrected chi connectivity index (χ1v) is 10.1. The summed E-state index contributed by atoms with van der Waals surface area (Å²) in [7, 11) is 2.13. The fraction of sp³-hybridized carbons (Fsp3) is 0.348. The van der Waals surface area contributed by atoms with Gasteiger partial charge in [0.2, 0.25) is 5.76 Å². The normalized spacial score (nSPS) is 16.9. The maximum absolute atomic E-state index is 13.0. The van der Waals surface area contributed by atoms with Gasteiger partial charge in [0.05, 0.1) is 0 Å². The van der Waals surface area contributed by atoms with E-state index in [1.165, 1.54) is 0 Å². The van der Waals surface area contributed by atoms with Gasteiger partial charge in [0.1, 0.15) is 5.69 Å². The Bertz CT molecular complexity index is 926. The van der Waals surface area contributed by atoms with E-state index in [1.54, 1.807) is 6.07 Å². The predicted octanol–water partition coefficient (Wildman–Crippen LogP) is 3.52. The lowest BCUT2D eigenvalue weighted by Crippen LogP contribution is -2.49. The van der Waals surface area contributed by atoms with Crippen LogP contribution in [0.25, 0.3) is 11.3 Å². The highest BCUT2D eigenvalue weighted by Gasteiger charge is 2.28. The number of hydrogen-bond acceptors (Lipinski definition) is 5. The van der Waals surface area contributed by atoms with E-state index in [4.69, 9.17) is 4.52 Å². The highest BCUT2D eigenvalue weighted by molar-refractivity contribution is 5.92. The average Bonchev–Trinajstić information content (AvgIpc) is 3.29. The summed E-state index contributed by atoms with van der Waals surface area (Å²) >= 11 is 0. The van der Waals surface area contributed by atoms with Gasteiger partial charge in [-0.15, -0.1) is 0 Å². The molecule has 1 amide bonds. The van der Waals surface area contributed by atoms with Crippen LogP contribution < -0.4 is 0 Å². The van der Waals surface area contributed by atoms with Crippen LogP contribution >= 0.6 is 0 Å². The van der Waals surface area contributed by atoms with Crippen molar-refractivity contribution >= 4 is 5.91 Å². The van der Waals surface area contributed by atoms with E-state index in [-0.39, 0.29) is 5.91 Å². The number of likely N-dealkylation sites (N-methyl/N-ethyl adjacent to an activating group) is 1. The summed E-state index contributed by atoms with van der Waals surface area (Å²) in [4.78, 5) is 21.6. The van der Waals surface area contributed by atoms with Crippen LogP contribution in [0, 0.1) is 0 Å². The standard InChI is InChI=1S/C23H26N4O2/c1-26(15-12-19-10-5-6-13-24-19)20-11-7-14-27(17-20)23(28)22-16-21(25-29-22)18-8-3-2-4-9-18/h2-6,8-10,13,16,20H,7,11-12,14-15,17H2,1H3/t20-/m1/s1. The van der Waals surface area contributed by atoms with Crippen LogP contribution in [0.5, 0.6) is 0 Å². The highest BCUT2D eigenvalue weighted by Crippen LogP contribution is 2.22. The minimum Gasteiger partial charge on any atom is -0.350 e. The van der Waals surface area contributed by atoms with Crippen molar-refractivity contribution in [3.8, 4) is 11.3 Å². The fourth-order valence-electron chi connectivity index (χ4n) is 3.80. The fourth-order valence-corrected chi connectivity index (χ4v) is 3.80. The summed E-state index contributed by atoms with van der Waals surface area (Å²) < 4.78 is 5.37. The summed E-state index contributed by atoms with van der Waals surface area (Å²) in [6.07, 6.45) is 4.82. The van der Waals surface area contributed by atoms with Gasteiger partial charge in [0, 0.05) is 55.6 Å². The van der Waals surface area contributed by atoms with Crippen LogP contribution in [0.3, 0.4) is 0 Å². The van der Waals surface area contributed by atoms with Crippen molar-refractivity contribution in [3.63, 3.8) is 0 Å². The van der Waals surface area contributed by atoms with Gasteiger partial charge in [-0.05, 0) is 32.0 Å². The second-order valence-electron chi connectivity index (χ2n) is 7.54. The molecule has 3 heterocycles. The summed E-state index contributed by atoms with van der Waals surface area (Å²) in [5.41, 5.74) is 2.73. The Morgan fingerprint density at radius 3 is 2.83 bits per heavy atom. The van der Waals surface area contributed by atoms with Crippen molar-refractivity contribution in [2.75, 3.05) is 26.7 Å². The predicted molar refractivity (Wildman–Crippen MR) is 111 cm³/mol. The number of amides is 1. The maximum atomic E-state index is 13.0. The molecule has 0 radical (unpaired) electrons. The minimum absolute atomic E-state index is 0.0810. The number of carbonyl (C=O) groups excluding carboxylic acids is 1. The molecule has 0 unspecified atom stereocenters. The van der Waals surface area contributed by atoms with Crippen molar-refractivity contribution in [2.24, 2.45) is 0 Å². The maximum Gasteiger partial charge on any atom is 0.292 e. The Hall–Kier alpha value is -2.99. The summed E-state index contributed by atoms with van der Waals surface area (Å²) in [5, 5.41) is 4.08. The van der Waals surface area contributed by atoms with E-state index in [2.05, 4.69) is 28.2 Å². The van der Waals surface area contributed by atoms with Gasteiger partial charge in [0.15, 0.2) is 0 Å². The molecule has 4 rings (SSSR count). The first kappa shape index (κ1) is 19.3. The van der Waals surface area contributed by atoms with Crippen molar-refractivity contribution in [1.29, 1.82) is 0 Å². The van der Waals surface area contributed by atoms with Gasteiger partial charge in [-0.1, -0.05) is 41.6 Å². The zero-order valence-corrected chi connectivity index (χ0v) is 16.7. The third-order valence-corrected chi connectivity index (χ3v) is 5.54. The SMILES string of the molecule is CN(CCc1ccccn1)[C@@H]1CCCN(C(=O)c2cc(-c3ccccc3)no2)C1. The number of rotatable bonds is 6. The summed E-state index contributed by atoms with van der Waals surface area (Å²) in [5.74, 6) is 0.225. The van der Waals surface area contributed by atoms with Gasteiger partial charge in [-0.25, -0.2) is 0 Å². The molecule has 0 saturated carbocycles. The van der Waals surface area contributed by atoms with E-state index in [9.17, 15) is 4.79 Å². The van der Waals surface area contributed by atoms with Gasteiger partial charge < -0.3 is 14.3 Å². The Morgan fingerprint density at radius 2 is 2.03 bits per heavy atom. The molecule has 1 aliphatic rings. The third kappa shape index (κ3) is 4.71. The Labute approximate surface area is 171 Å². The number of piperidine rings is 1. The van der Waals surface area contributed by atoms with E-state index < -0.39 is 0 Å². The van der Waals surface area contributed by atoms with Crippen molar-refractivity contribution in [2.45, 2.75) is 25.3 Å². The van der Waals surface area contributed by atoms with E-state index in [0.29, 0.717) is 24.0 Å². The molecule has 0 N–H and O–H groups in total. The number of pyridine rings is 1. The molecule has 0 aliphatic carbocycles. The van der Waals surface area contributed by atoms with Crippen molar-refractivity contribution in [3.05, 3.63) is 72.2 Å². The zero-order valence-electron chi connectivity index (χ0n) is 16.7. The molecular weight excluding hydrogens is 364 g/mol. The van der Waals surface area contributed by atoms with Crippen LogP contribution in [-0.2, 0) is 6.42 Å². The lowest BCUT2D eigenvalue weighted by molar-refractivity contribution is 0.0572. The average molecular weight is 390 g/mol.